The van der Waals surface area contributed by atoms with Crippen LogP contribution in [0.25, 0.3) is 0 Å². The first-order chi connectivity index (χ1) is 11.7. The van der Waals surface area contributed by atoms with Gasteiger partial charge in [-0.05, 0) is 37.0 Å². The summed E-state index contributed by atoms with van der Waals surface area (Å²) in [5.41, 5.74) is 0.362. The Labute approximate surface area is 141 Å². The zero-order valence-electron chi connectivity index (χ0n) is 13.2. The predicted octanol–water partition coefficient (Wildman–Crippen LogP) is 2.79. The van der Waals surface area contributed by atoms with Crippen molar-refractivity contribution in [1.82, 2.24) is 5.32 Å². The van der Waals surface area contributed by atoms with E-state index in [1.807, 2.05) is 0 Å². The molecule has 1 aliphatic heterocycles. The van der Waals surface area contributed by atoms with E-state index >= 15 is 0 Å². The van der Waals surface area contributed by atoms with Crippen LogP contribution in [-0.4, -0.2) is 36.1 Å². The lowest BCUT2D eigenvalue weighted by Crippen LogP contribution is -2.40. The van der Waals surface area contributed by atoms with Gasteiger partial charge in [0.2, 0.25) is 5.91 Å². The molecule has 1 amide bonds. The van der Waals surface area contributed by atoms with Crippen LogP contribution < -0.4 is 10.1 Å². The number of benzene rings is 1. The third kappa shape index (κ3) is 6.26. The number of hydrogen-bond donors (Lipinski definition) is 2. The third-order valence-corrected chi connectivity index (χ3v) is 3.68. The van der Waals surface area contributed by atoms with Gasteiger partial charge in [-0.2, -0.15) is 0 Å². The van der Waals surface area contributed by atoms with Crippen molar-refractivity contribution in [2.45, 2.75) is 44.2 Å². The fourth-order valence-electron chi connectivity index (χ4n) is 2.54. The Morgan fingerprint density at radius 3 is 2.48 bits per heavy atom. The van der Waals surface area contributed by atoms with Gasteiger partial charge in [0, 0.05) is 6.61 Å². The van der Waals surface area contributed by atoms with Crippen LogP contribution in [0.1, 0.15) is 37.3 Å². The van der Waals surface area contributed by atoms with Crippen LogP contribution in [0.2, 0.25) is 0 Å². The Bertz CT molecular complexity index is 597. The molecule has 0 saturated carbocycles. The van der Waals surface area contributed by atoms with Gasteiger partial charge in [0.25, 0.3) is 0 Å². The largest absolute Gasteiger partial charge is 0.573 e. The molecule has 6 nitrogen and oxygen atoms in total. The zero-order chi connectivity index (χ0) is 18.4. The van der Waals surface area contributed by atoms with E-state index < -0.39 is 42.6 Å². The van der Waals surface area contributed by atoms with Crippen molar-refractivity contribution in [3.63, 3.8) is 0 Å². The van der Waals surface area contributed by atoms with E-state index in [0.717, 1.165) is 25.0 Å². The number of amides is 1. The Balaban J connectivity index is 2.08. The highest BCUT2D eigenvalue weighted by Gasteiger charge is 2.31. The SMILES string of the molecule is O=C(O)CC(NC(=O)C1CCCCO1)c1ccc(OC(F)(F)F)cc1. The molecule has 0 aromatic heterocycles. The quantitative estimate of drug-likeness (QED) is 0.814. The minimum absolute atomic E-state index is 0.362. The number of ether oxygens (including phenoxy) is 2. The van der Waals surface area contributed by atoms with E-state index in [4.69, 9.17) is 9.84 Å². The summed E-state index contributed by atoms with van der Waals surface area (Å²) in [6, 6.07) is 3.84. The highest BCUT2D eigenvalue weighted by molar-refractivity contribution is 5.82. The average Bonchev–Trinajstić information content (AvgIpc) is 2.54. The van der Waals surface area contributed by atoms with Crippen LogP contribution in [0.3, 0.4) is 0 Å². The molecule has 1 aliphatic rings. The van der Waals surface area contributed by atoms with Gasteiger partial charge in [-0.25, -0.2) is 0 Å². The summed E-state index contributed by atoms with van der Waals surface area (Å²) in [5, 5.41) is 11.6. The third-order valence-electron chi connectivity index (χ3n) is 3.68. The maximum Gasteiger partial charge on any atom is 0.573 e. The van der Waals surface area contributed by atoms with E-state index in [9.17, 15) is 22.8 Å². The Kier molecular flexibility index (Phi) is 6.24. The lowest BCUT2D eigenvalue weighted by Gasteiger charge is -2.25. The summed E-state index contributed by atoms with van der Waals surface area (Å²) in [6.45, 7) is 0.463. The van der Waals surface area contributed by atoms with Crippen molar-refractivity contribution < 1.29 is 37.3 Å². The van der Waals surface area contributed by atoms with E-state index in [2.05, 4.69) is 10.1 Å². The summed E-state index contributed by atoms with van der Waals surface area (Å²) in [4.78, 5) is 23.3. The molecular weight excluding hydrogens is 343 g/mol. The first-order valence-electron chi connectivity index (χ1n) is 7.74. The van der Waals surface area contributed by atoms with Crippen LogP contribution in [0, 0.1) is 0 Å². The first kappa shape index (κ1) is 19.0. The number of alkyl halides is 3. The normalized spacial score (nSPS) is 19.1. The van der Waals surface area contributed by atoms with Crippen LogP contribution in [0.5, 0.6) is 5.75 Å². The average molecular weight is 361 g/mol. The molecule has 1 saturated heterocycles. The molecule has 25 heavy (non-hydrogen) atoms. The highest BCUT2D eigenvalue weighted by atomic mass is 19.4. The van der Waals surface area contributed by atoms with Gasteiger partial charge in [0.1, 0.15) is 11.9 Å². The van der Waals surface area contributed by atoms with Crippen molar-refractivity contribution in [1.29, 1.82) is 0 Å². The summed E-state index contributed by atoms with van der Waals surface area (Å²) in [7, 11) is 0. The Morgan fingerprint density at radius 2 is 1.96 bits per heavy atom. The first-order valence-corrected chi connectivity index (χ1v) is 7.74. The second-order valence-corrected chi connectivity index (χ2v) is 5.63. The van der Waals surface area contributed by atoms with Crippen LogP contribution >= 0.6 is 0 Å². The summed E-state index contributed by atoms with van der Waals surface area (Å²) in [6.07, 6.45) is -3.61. The second kappa shape index (κ2) is 8.19. The van der Waals surface area contributed by atoms with E-state index in [1.54, 1.807) is 0 Å². The molecule has 0 radical (unpaired) electrons. The van der Waals surface area contributed by atoms with Gasteiger partial charge in [0.15, 0.2) is 0 Å². The molecule has 1 aromatic rings. The van der Waals surface area contributed by atoms with Crippen molar-refractivity contribution in [3.05, 3.63) is 29.8 Å². The van der Waals surface area contributed by atoms with Gasteiger partial charge in [-0.15, -0.1) is 13.2 Å². The fraction of sp³-hybridized carbons (Fsp3) is 0.500. The van der Waals surface area contributed by atoms with Gasteiger partial charge in [0.05, 0.1) is 12.5 Å². The van der Waals surface area contributed by atoms with E-state index in [-0.39, 0.29) is 0 Å². The molecule has 2 atom stereocenters. The van der Waals surface area contributed by atoms with Gasteiger partial charge in [-0.3, -0.25) is 9.59 Å². The molecule has 138 valence electrons. The molecule has 0 spiro atoms. The van der Waals surface area contributed by atoms with Crippen LogP contribution in [0.4, 0.5) is 13.2 Å². The summed E-state index contributed by atoms with van der Waals surface area (Å²) >= 11 is 0. The minimum Gasteiger partial charge on any atom is -0.481 e. The predicted molar refractivity (Wildman–Crippen MR) is 79.9 cm³/mol. The number of aliphatic carboxylic acids is 1. The maximum absolute atomic E-state index is 12.2. The van der Waals surface area contributed by atoms with Crippen LogP contribution in [0.15, 0.2) is 24.3 Å². The number of carboxylic acids is 1. The number of carboxylic acid groups (broad SMARTS) is 1. The monoisotopic (exact) mass is 361 g/mol. The lowest BCUT2D eigenvalue weighted by molar-refractivity contribution is -0.274. The minimum atomic E-state index is -4.81. The van der Waals surface area contributed by atoms with E-state index in [0.29, 0.717) is 18.6 Å². The number of carbonyl (C=O) groups excluding carboxylic acids is 1. The van der Waals surface area contributed by atoms with E-state index in [1.165, 1.54) is 12.1 Å². The fourth-order valence-corrected chi connectivity index (χ4v) is 2.54. The van der Waals surface area contributed by atoms with Crippen LogP contribution in [-0.2, 0) is 14.3 Å². The molecule has 0 bridgehead atoms. The molecule has 1 heterocycles. The number of carbonyl (C=O) groups is 2. The lowest BCUT2D eigenvalue weighted by atomic mass is 10.0. The van der Waals surface area contributed by atoms with Gasteiger partial charge in [-0.1, -0.05) is 12.1 Å². The van der Waals surface area contributed by atoms with Crippen molar-refractivity contribution >= 4 is 11.9 Å². The van der Waals surface area contributed by atoms with Gasteiger partial charge >= 0.3 is 12.3 Å². The second-order valence-electron chi connectivity index (χ2n) is 5.63. The smallest absolute Gasteiger partial charge is 0.481 e. The molecule has 0 aliphatic carbocycles. The molecule has 9 heteroatoms. The summed E-state index contributed by atoms with van der Waals surface area (Å²) in [5.74, 6) is -2.00. The maximum atomic E-state index is 12.2. The highest BCUT2D eigenvalue weighted by Crippen LogP contribution is 2.26. The molecule has 2 rings (SSSR count). The molecule has 2 N–H and O–H groups in total. The topological polar surface area (TPSA) is 84.9 Å². The number of halogens is 3. The number of rotatable bonds is 6. The molecular formula is C16H18F3NO5. The van der Waals surface area contributed by atoms with Crippen molar-refractivity contribution in [3.8, 4) is 5.75 Å². The zero-order valence-corrected chi connectivity index (χ0v) is 13.2. The number of hydrogen-bond acceptors (Lipinski definition) is 4. The summed E-state index contributed by atoms with van der Waals surface area (Å²) < 4.78 is 45.7. The standard InChI is InChI=1S/C16H18F3NO5/c17-16(18,19)25-11-6-4-10(5-7-11)12(9-14(21)22)20-15(23)13-3-1-2-8-24-13/h4-7,12-13H,1-3,8-9H2,(H,20,23)(H,21,22). The van der Waals surface area contributed by atoms with Crippen molar-refractivity contribution in [2.24, 2.45) is 0 Å². The molecule has 1 fully saturated rings. The molecule has 1 aromatic carbocycles. The Morgan fingerprint density at radius 1 is 1.28 bits per heavy atom. The van der Waals surface area contributed by atoms with Crippen molar-refractivity contribution in [2.75, 3.05) is 6.61 Å². The number of nitrogens with one attached hydrogen (secondary N) is 1. The molecule has 2 unspecified atom stereocenters. The Hall–Kier alpha value is -2.29. The van der Waals surface area contributed by atoms with Gasteiger partial charge < -0.3 is 19.9 Å².